The quantitative estimate of drug-likeness (QED) is 0.386. The van der Waals surface area contributed by atoms with E-state index in [4.69, 9.17) is 23.8 Å². The van der Waals surface area contributed by atoms with Gasteiger partial charge in [-0.3, -0.25) is 10.9 Å². The summed E-state index contributed by atoms with van der Waals surface area (Å²) in [4.78, 5) is 0. The van der Waals surface area contributed by atoms with Crippen LogP contribution in [0.2, 0.25) is 5.02 Å². The van der Waals surface area contributed by atoms with Crippen molar-refractivity contribution >= 4 is 35.5 Å². The fourth-order valence-corrected chi connectivity index (χ4v) is 2.38. The third kappa shape index (κ3) is 3.37. The summed E-state index contributed by atoms with van der Waals surface area (Å²) in [5, 5.41) is 7.60. The van der Waals surface area contributed by atoms with E-state index in [1.54, 1.807) is 4.68 Å². The molecule has 1 aliphatic rings. The van der Waals surface area contributed by atoms with E-state index in [1.807, 2.05) is 24.3 Å². The number of anilines is 2. The van der Waals surface area contributed by atoms with Crippen molar-refractivity contribution in [2.24, 2.45) is 0 Å². The van der Waals surface area contributed by atoms with Crippen molar-refractivity contribution in [1.29, 1.82) is 0 Å². The number of nitrogens with zero attached hydrogens (tertiary/aromatic N) is 2. The SMILES string of the molecule is S=c1[nH]nc(NNc2ccc(Cl)cc2)n1NC1C=CCC1. The van der Waals surface area contributed by atoms with Gasteiger partial charge in [-0.15, -0.1) is 5.10 Å². The fourth-order valence-electron chi connectivity index (χ4n) is 2.07. The van der Waals surface area contributed by atoms with Crippen molar-refractivity contribution in [1.82, 2.24) is 14.9 Å². The lowest BCUT2D eigenvalue weighted by Gasteiger charge is -2.16. The van der Waals surface area contributed by atoms with E-state index >= 15 is 0 Å². The molecule has 0 spiro atoms. The maximum absolute atomic E-state index is 5.85. The van der Waals surface area contributed by atoms with E-state index in [9.17, 15) is 0 Å². The standard InChI is InChI=1S/C13H15ClN6S/c14-9-5-7-10(8-6-9)15-16-12-17-18-13(21)20(12)19-11-3-1-2-4-11/h1,3,5-8,11,15,19H,2,4H2,(H,16,17)(H,18,21). The Balaban J connectivity index is 1.69. The number of halogens is 1. The first-order chi connectivity index (χ1) is 10.2. The Morgan fingerprint density at radius 3 is 2.81 bits per heavy atom. The molecular formula is C13H15ClN6S. The van der Waals surface area contributed by atoms with Gasteiger partial charge in [0.2, 0.25) is 4.77 Å². The number of benzene rings is 1. The lowest BCUT2D eigenvalue weighted by Crippen LogP contribution is -2.27. The zero-order valence-electron chi connectivity index (χ0n) is 11.1. The van der Waals surface area contributed by atoms with Gasteiger partial charge in [0.05, 0.1) is 11.7 Å². The molecule has 1 unspecified atom stereocenters. The average Bonchev–Trinajstić information content (AvgIpc) is 3.11. The average molecular weight is 323 g/mol. The number of aromatic amines is 1. The summed E-state index contributed by atoms with van der Waals surface area (Å²) in [6.45, 7) is 0. The van der Waals surface area contributed by atoms with E-state index in [0.717, 1.165) is 18.5 Å². The Hall–Kier alpha value is -1.99. The summed E-state index contributed by atoms with van der Waals surface area (Å²) in [5.41, 5.74) is 10.3. The highest BCUT2D eigenvalue weighted by Gasteiger charge is 2.12. The summed E-state index contributed by atoms with van der Waals surface area (Å²) in [6.07, 6.45) is 6.41. The van der Waals surface area contributed by atoms with Crippen LogP contribution in [0.15, 0.2) is 36.4 Å². The Morgan fingerprint density at radius 1 is 1.29 bits per heavy atom. The molecular weight excluding hydrogens is 308 g/mol. The first-order valence-electron chi connectivity index (χ1n) is 6.60. The molecule has 0 saturated heterocycles. The number of allylic oxidation sites excluding steroid dienone is 1. The molecule has 21 heavy (non-hydrogen) atoms. The minimum absolute atomic E-state index is 0.269. The number of nitrogens with one attached hydrogen (secondary N) is 4. The Morgan fingerprint density at radius 2 is 2.10 bits per heavy atom. The summed E-state index contributed by atoms with van der Waals surface area (Å²) in [7, 11) is 0. The van der Waals surface area contributed by atoms with Crippen LogP contribution in [0.1, 0.15) is 12.8 Å². The van der Waals surface area contributed by atoms with E-state index in [-0.39, 0.29) is 6.04 Å². The van der Waals surface area contributed by atoms with Crippen LogP contribution in [0, 0.1) is 4.77 Å². The number of aromatic nitrogens is 3. The van der Waals surface area contributed by atoms with Crippen molar-refractivity contribution in [2.75, 3.05) is 16.3 Å². The molecule has 0 fully saturated rings. The van der Waals surface area contributed by atoms with E-state index in [0.29, 0.717) is 15.7 Å². The Bertz CT molecular complexity index is 689. The molecule has 1 aromatic carbocycles. The molecule has 4 N–H and O–H groups in total. The highest BCUT2D eigenvalue weighted by Crippen LogP contribution is 2.15. The van der Waals surface area contributed by atoms with Gasteiger partial charge in [-0.05, 0) is 49.3 Å². The topological polar surface area (TPSA) is 69.7 Å². The Labute approximate surface area is 132 Å². The van der Waals surface area contributed by atoms with E-state index in [2.05, 4.69) is 38.6 Å². The van der Waals surface area contributed by atoms with Crippen LogP contribution in [0.4, 0.5) is 11.6 Å². The molecule has 2 aromatic rings. The predicted octanol–water partition coefficient (Wildman–Crippen LogP) is 3.30. The molecule has 0 aliphatic heterocycles. The van der Waals surface area contributed by atoms with Crippen LogP contribution in [-0.4, -0.2) is 20.9 Å². The van der Waals surface area contributed by atoms with Crippen LogP contribution in [-0.2, 0) is 0 Å². The van der Waals surface area contributed by atoms with Crippen molar-refractivity contribution < 1.29 is 0 Å². The summed E-state index contributed by atoms with van der Waals surface area (Å²) in [5.74, 6) is 0.565. The third-order valence-corrected chi connectivity index (χ3v) is 3.67. The maximum atomic E-state index is 5.85. The summed E-state index contributed by atoms with van der Waals surface area (Å²) >= 11 is 11.1. The van der Waals surface area contributed by atoms with Gasteiger partial charge < -0.3 is 5.43 Å². The van der Waals surface area contributed by atoms with Gasteiger partial charge in [-0.2, -0.15) is 4.68 Å². The van der Waals surface area contributed by atoms with Crippen molar-refractivity contribution in [3.63, 3.8) is 0 Å². The molecule has 1 aliphatic carbocycles. The van der Waals surface area contributed by atoms with Crippen LogP contribution >= 0.6 is 23.8 Å². The van der Waals surface area contributed by atoms with E-state index in [1.165, 1.54) is 0 Å². The number of H-pyrrole nitrogens is 1. The van der Waals surface area contributed by atoms with E-state index < -0.39 is 0 Å². The minimum Gasteiger partial charge on any atom is -0.314 e. The smallest absolute Gasteiger partial charge is 0.260 e. The van der Waals surface area contributed by atoms with Gasteiger partial charge in [0, 0.05) is 5.02 Å². The van der Waals surface area contributed by atoms with Gasteiger partial charge in [0.25, 0.3) is 5.95 Å². The van der Waals surface area contributed by atoms with Crippen molar-refractivity contribution in [3.05, 3.63) is 46.2 Å². The summed E-state index contributed by atoms with van der Waals surface area (Å²) < 4.78 is 2.23. The first-order valence-corrected chi connectivity index (χ1v) is 7.39. The van der Waals surface area contributed by atoms with Crippen LogP contribution in [0.5, 0.6) is 0 Å². The van der Waals surface area contributed by atoms with Gasteiger partial charge in [0.1, 0.15) is 0 Å². The molecule has 0 saturated carbocycles. The minimum atomic E-state index is 0.269. The number of rotatable bonds is 5. The second-order valence-corrected chi connectivity index (χ2v) is 5.51. The zero-order valence-corrected chi connectivity index (χ0v) is 12.7. The normalized spacial score (nSPS) is 16.9. The first kappa shape index (κ1) is 14.0. The Kier molecular flexibility index (Phi) is 4.12. The number of hydrogen-bond acceptors (Lipinski definition) is 5. The molecule has 3 rings (SSSR count). The zero-order chi connectivity index (χ0) is 14.7. The van der Waals surface area contributed by atoms with Gasteiger partial charge in [0.15, 0.2) is 0 Å². The molecule has 0 radical (unpaired) electrons. The monoisotopic (exact) mass is 322 g/mol. The molecule has 8 heteroatoms. The molecule has 1 aromatic heterocycles. The number of hydrogen-bond donors (Lipinski definition) is 4. The molecule has 1 heterocycles. The maximum Gasteiger partial charge on any atom is 0.260 e. The van der Waals surface area contributed by atoms with Crippen LogP contribution in [0.25, 0.3) is 0 Å². The number of hydrazine groups is 1. The lowest BCUT2D eigenvalue weighted by atomic mass is 10.3. The molecule has 6 nitrogen and oxygen atoms in total. The van der Waals surface area contributed by atoms with Crippen molar-refractivity contribution in [2.45, 2.75) is 18.9 Å². The largest absolute Gasteiger partial charge is 0.314 e. The highest BCUT2D eigenvalue weighted by molar-refractivity contribution is 7.71. The van der Waals surface area contributed by atoms with Crippen LogP contribution < -0.4 is 16.3 Å². The van der Waals surface area contributed by atoms with Crippen molar-refractivity contribution in [3.8, 4) is 0 Å². The van der Waals surface area contributed by atoms with Gasteiger partial charge in [-0.1, -0.05) is 23.8 Å². The third-order valence-electron chi connectivity index (χ3n) is 3.14. The second-order valence-electron chi connectivity index (χ2n) is 4.69. The van der Waals surface area contributed by atoms with Crippen LogP contribution in [0.3, 0.4) is 0 Å². The lowest BCUT2D eigenvalue weighted by molar-refractivity contribution is 0.711. The highest BCUT2D eigenvalue weighted by atomic mass is 35.5. The molecule has 0 amide bonds. The summed E-state index contributed by atoms with van der Waals surface area (Å²) in [6, 6.07) is 7.63. The molecule has 110 valence electrons. The second kappa shape index (κ2) is 6.19. The molecule has 0 bridgehead atoms. The predicted molar refractivity (Wildman–Crippen MR) is 87.6 cm³/mol. The van der Waals surface area contributed by atoms with Gasteiger partial charge >= 0.3 is 0 Å². The van der Waals surface area contributed by atoms with Gasteiger partial charge in [-0.25, -0.2) is 5.10 Å². The molecule has 1 atom stereocenters. The fraction of sp³-hybridized carbons (Fsp3) is 0.231.